The maximum atomic E-state index is 11.9. The number of nitrogens with one attached hydrogen (secondary N) is 1. The largest absolute Gasteiger partial charge is 0.346 e. The van der Waals surface area contributed by atoms with E-state index in [0.29, 0.717) is 13.0 Å². The standard InChI is InChI=1S/C14H25N5O/c1-11(16-13(20)8-4-5-9-15)14-18-17-12-7-3-2-6-10-19(12)14/h11H,2-10,15H2,1H3,(H,16,20). The van der Waals surface area contributed by atoms with Crippen LogP contribution in [0.15, 0.2) is 0 Å². The van der Waals surface area contributed by atoms with E-state index in [1.807, 2.05) is 6.92 Å². The highest BCUT2D eigenvalue weighted by Gasteiger charge is 2.20. The van der Waals surface area contributed by atoms with Crippen LogP contribution >= 0.6 is 0 Å². The van der Waals surface area contributed by atoms with Crippen LogP contribution in [0.1, 0.15) is 63.1 Å². The summed E-state index contributed by atoms with van der Waals surface area (Å²) in [5.41, 5.74) is 5.43. The van der Waals surface area contributed by atoms with Gasteiger partial charge in [0.25, 0.3) is 0 Å². The Balaban J connectivity index is 1.94. The number of carbonyl (C=O) groups is 1. The first-order valence-corrected chi connectivity index (χ1v) is 7.63. The van der Waals surface area contributed by atoms with Gasteiger partial charge in [0, 0.05) is 19.4 Å². The highest BCUT2D eigenvalue weighted by molar-refractivity contribution is 5.76. The number of fused-ring (bicyclic) bond motifs is 1. The zero-order chi connectivity index (χ0) is 14.4. The van der Waals surface area contributed by atoms with E-state index in [-0.39, 0.29) is 11.9 Å². The van der Waals surface area contributed by atoms with E-state index in [1.54, 1.807) is 0 Å². The van der Waals surface area contributed by atoms with Crippen molar-refractivity contribution in [3.63, 3.8) is 0 Å². The van der Waals surface area contributed by atoms with Crippen molar-refractivity contribution in [1.82, 2.24) is 20.1 Å². The number of amides is 1. The fourth-order valence-electron chi connectivity index (χ4n) is 2.64. The van der Waals surface area contributed by atoms with Crippen LogP contribution in [0.4, 0.5) is 0 Å². The van der Waals surface area contributed by atoms with E-state index < -0.39 is 0 Å². The molecule has 0 saturated carbocycles. The summed E-state index contributed by atoms with van der Waals surface area (Å²) < 4.78 is 2.18. The summed E-state index contributed by atoms with van der Waals surface area (Å²) in [7, 11) is 0. The van der Waals surface area contributed by atoms with Gasteiger partial charge in [-0.15, -0.1) is 10.2 Å². The van der Waals surface area contributed by atoms with Gasteiger partial charge in [0.2, 0.25) is 5.91 Å². The van der Waals surface area contributed by atoms with Crippen LogP contribution in [0.25, 0.3) is 0 Å². The number of unbranched alkanes of at least 4 members (excludes halogenated alkanes) is 1. The third kappa shape index (κ3) is 3.79. The molecule has 2 rings (SSSR count). The van der Waals surface area contributed by atoms with Crippen LogP contribution in [-0.4, -0.2) is 27.2 Å². The van der Waals surface area contributed by atoms with Crippen molar-refractivity contribution in [3.8, 4) is 0 Å². The van der Waals surface area contributed by atoms with Crippen LogP contribution in [0, 0.1) is 0 Å². The zero-order valence-electron chi connectivity index (χ0n) is 12.3. The number of carbonyl (C=O) groups excluding carboxylic acids is 1. The molecule has 20 heavy (non-hydrogen) atoms. The summed E-state index contributed by atoms with van der Waals surface area (Å²) >= 11 is 0. The first kappa shape index (κ1) is 15.0. The molecule has 112 valence electrons. The van der Waals surface area contributed by atoms with E-state index >= 15 is 0 Å². The number of hydrogen-bond donors (Lipinski definition) is 2. The Labute approximate surface area is 120 Å². The molecule has 0 bridgehead atoms. The summed E-state index contributed by atoms with van der Waals surface area (Å²) in [6.45, 7) is 3.58. The Morgan fingerprint density at radius 2 is 2.20 bits per heavy atom. The Kier molecular flexibility index (Phi) is 5.52. The zero-order valence-corrected chi connectivity index (χ0v) is 12.3. The molecule has 1 aliphatic rings. The first-order chi connectivity index (χ1) is 9.72. The van der Waals surface area contributed by atoms with Crippen molar-refractivity contribution >= 4 is 5.91 Å². The monoisotopic (exact) mass is 279 g/mol. The topological polar surface area (TPSA) is 85.8 Å². The second-order valence-corrected chi connectivity index (χ2v) is 5.47. The minimum atomic E-state index is -0.0836. The Bertz CT molecular complexity index is 443. The number of hydrogen-bond acceptors (Lipinski definition) is 4. The average Bonchev–Trinajstić information content (AvgIpc) is 2.68. The molecule has 2 heterocycles. The maximum Gasteiger partial charge on any atom is 0.220 e. The smallest absolute Gasteiger partial charge is 0.220 e. The van der Waals surface area contributed by atoms with Crippen LogP contribution in [0.5, 0.6) is 0 Å². The van der Waals surface area contributed by atoms with E-state index in [4.69, 9.17) is 5.73 Å². The van der Waals surface area contributed by atoms with Gasteiger partial charge in [0.1, 0.15) is 5.82 Å². The van der Waals surface area contributed by atoms with Crippen LogP contribution in [0.2, 0.25) is 0 Å². The van der Waals surface area contributed by atoms with Crippen molar-refractivity contribution in [2.24, 2.45) is 5.73 Å². The molecule has 0 saturated heterocycles. The SMILES string of the molecule is CC(NC(=O)CCCCN)c1nnc2n1CCCCC2. The predicted molar refractivity (Wildman–Crippen MR) is 77.0 cm³/mol. The van der Waals surface area contributed by atoms with Gasteiger partial charge in [-0.3, -0.25) is 4.79 Å². The van der Waals surface area contributed by atoms with E-state index in [1.165, 1.54) is 12.8 Å². The Hall–Kier alpha value is -1.43. The predicted octanol–water partition coefficient (Wildman–Crippen LogP) is 1.31. The highest BCUT2D eigenvalue weighted by atomic mass is 16.1. The summed E-state index contributed by atoms with van der Waals surface area (Å²) in [6.07, 6.45) is 6.83. The van der Waals surface area contributed by atoms with Gasteiger partial charge in [0.05, 0.1) is 6.04 Å². The lowest BCUT2D eigenvalue weighted by molar-refractivity contribution is -0.121. The molecule has 1 amide bonds. The molecule has 0 aromatic carbocycles. The summed E-state index contributed by atoms with van der Waals surface area (Å²) in [5.74, 6) is 2.01. The van der Waals surface area contributed by atoms with Crippen LogP contribution < -0.4 is 11.1 Å². The minimum absolute atomic E-state index is 0.0666. The third-order valence-corrected chi connectivity index (χ3v) is 3.76. The van der Waals surface area contributed by atoms with Gasteiger partial charge in [-0.2, -0.15) is 0 Å². The second-order valence-electron chi connectivity index (χ2n) is 5.47. The lowest BCUT2D eigenvalue weighted by atomic mass is 10.2. The summed E-state index contributed by atoms with van der Waals surface area (Å²) in [5, 5.41) is 11.5. The Morgan fingerprint density at radius 3 is 3.00 bits per heavy atom. The second kappa shape index (κ2) is 7.38. The van der Waals surface area contributed by atoms with Gasteiger partial charge in [-0.25, -0.2) is 0 Å². The third-order valence-electron chi connectivity index (χ3n) is 3.76. The first-order valence-electron chi connectivity index (χ1n) is 7.63. The fraction of sp³-hybridized carbons (Fsp3) is 0.786. The van der Waals surface area contributed by atoms with Gasteiger partial charge in [0.15, 0.2) is 5.82 Å². The van der Waals surface area contributed by atoms with Gasteiger partial charge in [-0.1, -0.05) is 6.42 Å². The van der Waals surface area contributed by atoms with Gasteiger partial charge < -0.3 is 15.6 Å². The molecular weight excluding hydrogens is 254 g/mol. The molecule has 0 aliphatic carbocycles. The molecular formula is C14H25N5O. The van der Waals surface area contributed by atoms with Crippen molar-refractivity contribution in [1.29, 1.82) is 0 Å². The minimum Gasteiger partial charge on any atom is -0.346 e. The Morgan fingerprint density at radius 1 is 1.35 bits per heavy atom. The molecule has 1 aromatic rings. The van der Waals surface area contributed by atoms with Crippen molar-refractivity contribution in [2.45, 2.75) is 64.5 Å². The van der Waals surface area contributed by atoms with E-state index in [9.17, 15) is 4.79 Å². The molecule has 1 aromatic heterocycles. The van der Waals surface area contributed by atoms with Gasteiger partial charge >= 0.3 is 0 Å². The maximum absolute atomic E-state index is 11.9. The number of rotatable bonds is 6. The molecule has 3 N–H and O–H groups in total. The quantitative estimate of drug-likeness (QED) is 0.769. The molecule has 0 radical (unpaired) electrons. The average molecular weight is 279 g/mol. The molecule has 6 heteroatoms. The molecule has 1 unspecified atom stereocenters. The fourth-order valence-corrected chi connectivity index (χ4v) is 2.64. The van der Waals surface area contributed by atoms with E-state index in [2.05, 4.69) is 20.1 Å². The van der Waals surface area contributed by atoms with Crippen molar-refractivity contribution < 1.29 is 4.79 Å². The van der Waals surface area contributed by atoms with Crippen LogP contribution in [0.3, 0.4) is 0 Å². The van der Waals surface area contributed by atoms with Gasteiger partial charge in [-0.05, 0) is 39.2 Å². The van der Waals surface area contributed by atoms with E-state index in [0.717, 1.165) is 43.9 Å². The molecule has 0 spiro atoms. The van der Waals surface area contributed by atoms with Crippen molar-refractivity contribution in [3.05, 3.63) is 11.6 Å². The summed E-state index contributed by atoms with van der Waals surface area (Å²) in [6, 6.07) is -0.0836. The molecule has 1 aliphatic heterocycles. The molecule has 6 nitrogen and oxygen atoms in total. The number of nitrogens with two attached hydrogens (primary N) is 1. The lowest BCUT2D eigenvalue weighted by Crippen LogP contribution is -2.28. The normalized spacial score (nSPS) is 16.3. The lowest BCUT2D eigenvalue weighted by Gasteiger charge is -2.15. The van der Waals surface area contributed by atoms with Crippen molar-refractivity contribution in [2.75, 3.05) is 6.54 Å². The van der Waals surface area contributed by atoms with Crippen LogP contribution in [-0.2, 0) is 17.8 Å². The molecule has 1 atom stereocenters. The summed E-state index contributed by atoms with van der Waals surface area (Å²) in [4.78, 5) is 11.9. The number of nitrogens with zero attached hydrogens (tertiary/aromatic N) is 3. The number of aromatic nitrogens is 3. The highest BCUT2D eigenvalue weighted by Crippen LogP contribution is 2.18. The number of aryl methyl sites for hydroxylation is 1. The molecule has 0 fully saturated rings.